The van der Waals surface area contributed by atoms with E-state index < -0.39 is 16.1 Å². The van der Waals surface area contributed by atoms with Crippen molar-refractivity contribution in [3.05, 3.63) is 24.3 Å². The molecule has 0 bridgehead atoms. The fraction of sp³-hybridized carbons (Fsp3) is 0.357. The van der Waals surface area contributed by atoms with Gasteiger partial charge >= 0.3 is 0 Å². The van der Waals surface area contributed by atoms with Crippen LogP contribution in [-0.4, -0.2) is 44.9 Å². The van der Waals surface area contributed by atoms with Gasteiger partial charge in [0.25, 0.3) is 0 Å². The largest absolute Gasteiger partial charge is 0.497 e. The lowest BCUT2D eigenvalue weighted by Crippen LogP contribution is -2.56. The third-order valence-corrected chi connectivity index (χ3v) is 5.18. The highest BCUT2D eigenvalue weighted by atomic mass is 32.2. The summed E-state index contributed by atoms with van der Waals surface area (Å²) < 4.78 is 31.5. The van der Waals surface area contributed by atoms with Gasteiger partial charge in [-0.3, -0.25) is 4.79 Å². The summed E-state index contributed by atoms with van der Waals surface area (Å²) in [5, 5.41) is 2.63. The van der Waals surface area contributed by atoms with Crippen molar-refractivity contribution >= 4 is 15.9 Å². The number of carbonyl (C=O) groups is 1. The van der Waals surface area contributed by atoms with Crippen LogP contribution in [0.4, 0.5) is 0 Å². The van der Waals surface area contributed by atoms with E-state index in [1.54, 1.807) is 12.1 Å². The summed E-state index contributed by atoms with van der Waals surface area (Å²) in [7, 11) is -2.27. The first-order chi connectivity index (χ1) is 10.0. The second-order valence-electron chi connectivity index (χ2n) is 4.51. The molecule has 0 spiro atoms. The van der Waals surface area contributed by atoms with Gasteiger partial charge in [-0.15, -0.1) is 12.3 Å². The van der Waals surface area contributed by atoms with Gasteiger partial charge < -0.3 is 10.1 Å². The van der Waals surface area contributed by atoms with Crippen molar-refractivity contribution in [3.8, 4) is 18.1 Å². The minimum Gasteiger partial charge on any atom is -0.497 e. The molecule has 21 heavy (non-hydrogen) atoms. The molecule has 0 saturated carbocycles. The van der Waals surface area contributed by atoms with Gasteiger partial charge in [-0.1, -0.05) is 0 Å². The van der Waals surface area contributed by atoms with Crippen molar-refractivity contribution in [2.75, 3.05) is 20.2 Å². The number of rotatable bonds is 4. The lowest BCUT2D eigenvalue weighted by atomic mass is 10.1. The molecule has 2 rings (SSSR count). The molecule has 1 aliphatic rings. The normalized spacial score (nSPS) is 19.6. The van der Waals surface area contributed by atoms with Crippen LogP contribution in [-0.2, 0) is 14.8 Å². The number of carbonyl (C=O) groups excluding carboxylic acids is 1. The van der Waals surface area contributed by atoms with Crippen molar-refractivity contribution in [1.82, 2.24) is 9.62 Å². The lowest BCUT2D eigenvalue weighted by molar-refractivity contribution is -0.126. The zero-order chi connectivity index (χ0) is 15.5. The summed E-state index contributed by atoms with van der Waals surface area (Å²) in [6.45, 7) is 0.474. The summed E-state index contributed by atoms with van der Waals surface area (Å²) in [5.74, 6) is 2.55. The molecule has 1 fully saturated rings. The average Bonchev–Trinajstić information content (AvgIpc) is 2.49. The maximum atomic E-state index is 12.7. The van der Waals surface area contributed by atoms with E-state index in [1.807, 2.05) is 0 Å². The number of ether oxygens (including phenoxy) is 1. The lowest BCUT2D eigenvalue weighted by Gasteiger charge is -2.33. The van der Waals surface area contributed by atoms with Crippen LogP contribution in [0.1, 0.15) is 6.42 Å². The number of methoxy groups -OCH3 is 1. The summed E-state index contributed by atoms with van der Waals surface area (Å²) >= 11 is 0. The fourth-order valence-electron chi connectivity index (χ4n) is 2.17. The summed E-state index contributed by atoms with van der Waals surface area (Å²) in [6.07, 6.45) is 5.28. The highest BCUT2D eigenvalue weighted by Crippen LogP contribution is 2.23. The molecule has 1 unspecified atom stereocenters. The van der Waals surface area contributed by atoms with Gasteiger partial charge in [-0.25, -0.2) is 8.42 Å². The van der Waals surface area contributed by atoms with Crippen LogP contribution in [0.3, 0.4) is 0 Å². The first-order valence-electron chi connectivity index (χ1n) is 6.38. The first kappa shape index (κ1) is 15.4. The van der Waals surface area contributed by atoms with Crippen molar-refractivity contribution in [2.24, 2.45) is 0 Å². The number of nitrogens with one attached hydrogen (secondary N) is 1. The smallest absolute Gasteiger partial charge is 0.243 e. The van der Waals surface area contributed by atoms with Crippen LogP contribution in [0.25, 0.3) is 0 Å². The monoisotopic (exact) mass is 308 g/mol. The molecule has 1 amide bonds. The topological polar surface area (TPSA) is 75.7 Å². The van der Waals surface area contributed by atoms with Crippen LogP contribution in [0.15, 0.2) is 29.2 Å². The third kappa shape index (κ3) is 3.01. The Morgan fingerprint density at radius 2 is 2.10 bits per heavy atom. The van der Waals surface area contributed by atoms with Crippen molar-refractivity contribution in [2.45, 2.75) is 17.4 Å². The summed E-state index contributed by atoms with van der Waals surface area (Å²) in [5.41, 5.74) is 0. The van der Waals surface area contributed by atoms with Gasteiger partial charge in [0, 0.05) is 19.5 Å². The quantitative estimate of drug-likeness (QED) is 0.807. The Morgan fingerprint density at radius 1 is 1.43 bits per heavy atom. The highest BCUT2D eigenvalue weighted by Gasteiger charge is 2.37. The summed E-state index contributed by atoms with van der Waals surface area (Å²) in [4.78, 5) is 12.0. The SMILES string of the molecule is C#CCC1C(=O)NCCN1S(=O)(=O)c1ccc(OC)cc1. The minimum absolute atomic E-state index is 0.0429. The van der Waals surface area contributed by atoms with Gasteiger partial charge in [0.1, 0.15) is 11.8 Å². The van der Waals surface area contributed by atoms with E-state index in [1.165, 1.54) is 19.2 Å². The average molecular weight is 308 g/mol. The number of piperazine rings is 1. The molecule has 1 aliphatic heterocycles. The number of benzene rings is 1. The summed E-state index contributed by atoms with van der Waals surface area (Å²) in [6, 6.07) is 5.16. The van der Waals surface area contributed by atoms with E-state index >= 15 is 0 Å². The van der Waals surface area contributed by atoms with Gasteiger partial charge in [0.15, 0.2) is 0 Å². The number of terminal acetylenes is 1. The molecule has 0 aliphatic carbocycles. The second-order valence-corrected chi connectivity index (χ2v) is 6.40. The zero-order valence-corrected chi connectivity index (χ0v) is 12.4. The molecular formula is C14H16N2O4S. The minimum atomic E-state index is -3.77. The van der Waals surface area contributed by atoms with Gasteiger partial charge in [-0.2, -0.15) is 4.31 Å². The third-order valence-electron chi connectivity index (χ3n) is 3.26. The van der Waals surface area contributed by atoms with E-state index in [-0.39, 0.29) is 30.3 Å². The van der Waals surface area contributed by atoms with Crippen LogP contribution in [0.2, 0.25) is 0 Å². The predicted molar refractivity (Wildman–Crippen MR) is 77.1 cm³/mol. The number of nitrogens with zero attached hydrogens (tertiary/aromatic N) is 1. The van der Waals surface area contributed by atoms with Gasteiger partial charge in [0.05, 0.1) is 12.0 Å². The molecule has 0 aromatic heterocycles. The maximum absolute atomic E-state index is 12.7. The van der Waals surface area contributed by atoms with E-state index in [2.05, 4.69) is 11.2 Å². The van der Waals surface area contributed by atoms with Gasteiger partial charge in [0.2, 0.25) is 15.9 Å². The maximum Gasteiger partial charge on any atom is 0.243 e. The molecule has 7 heteroatoms. The Labute approximate surface area is 124 Å². The number of hydrogen-bond acceptors (Lipinski definition) is 4. The van der Waals surface area contributed by atoms with Crippen LogP contribution >= 0.6 is 0 Å². The molecule has 1 heterocycles. The van der Waals surface area contributed by atoms with Crippen molar-refractivity contribution < 1.29 is 17.9 Å². The van der Waals surface area contributed by atoms with E-state index in [4.69, 9.17) is 11.2 Å². The molecule has 0 radical (unpaired) electrons. The Hall–Kier alpha value is -2.04. The molecule has 1 aromatic carbocycles. The van der Waals surface area contributed by atoms with Crippen LogP contribution in [0.5, 0.6) is 5.75 Å². The molecule has 1 saturated heterocycles. The molecule has 1 aromatic rings. The first-order valence-corrected chi connectivity index (χ1v) is 7.82. The highest BCUT2D eigenvalue weighted by molar-refractivity contribution is 7.89. The predicted octanol–water partition coefficient (Wildman–Crippen LogP) is 0.208. The Morgan fingerprint density at radius 3 is 2.67 bits per heavy atom. The van der Waals surface area contributed by atoms with Crippen LogP contribution < -0.4 is 10.1 Å². The van der Waals surface area contributed by atoms with Gasteiger partial charge in [-0.05, 0) is 24.3 Å². The molecular weight excluding hydrogens is 292 g/mol. The second kappa shape index (κ2) is 6.16. The van der Waals surface area contributed by atoms with E-state index in [0.717, 1.165) is 4.31 Å². The number of sulfonamides is 1. The van der Waals surface area contributed by atoms with Crippen molar-refractivity contribution in [3.63, 3.8) is 0 Å². The van der Waals surface area contributed by atoms with E-state index in [0.29, 0.717) is 5.75 Å². The Balaban J connectivity index is 2.36. The number of amides is 1. The van der Waals surface area contributed by atoms with E-state index in [9.17, 15) is 13.2 Å². The van der Waals surface area contributed by atoms with Crippen molar-refractivity contribution in [1.29, 1.82) is 0 Å². The molecule has 6 nitrogen and oxygen atoms in total. The van der Waals surface area contributed by atoms with Crippen LogP contribution in [0, 0.1) is 12.3 Å². The zero-order valence-electron chi connectivity index (χ0n) is 11.6. The fourth-order valence-corrected chi connectivity index (χ4v) is 3.76. The molecule has 1 atom stereocenters. The standard InChI is InChI=1S/C14H16N2O4S/c1-3-4-13-14(17)15-9-10-16(13)21(18,19)12-7-5-11(20-2)6-8-12/h1,5-8,13H,4,9-10H2,2H3,(H,15,17). The number of hydrogen-bond donors (Lipinski definition) is 1. The Kier molecular flexibility index (Phi) is 4.50. The molecule has 1 N–H and O–H groups in total. The Bertz CT molecular complexity index is 661. The molecule has 112 valence electrons.